The molecule has 0 aliphatic carbocycles. The summed E-state index contributed by atoms with van der Waals surface area (Å²) in [5, 5.41) is 7.16. The van der Waals surface area contributed by atoms with E-state index >= 15 is 0 Å². The number of hydrogen-bond donors (Lipinski definition) is 0. The molecule has 0 fully saturated rings. The maximum atomic E-state index is 5.08. The van der Waals surface area contributed by atoms with Gasteiger partial charge >= 0.3 is 0 Å². The molecule has 0 aliphatic heterocycles. The van der Waals surface area contributed by atoms with E-state index in [0.717, 1.165) is 50.2 Å². The van der Waals surface area contributed by atoms with Crippen LogP contribution in [0.2, 0.25) is 0 Å². The molecule has 0 saturated carbocycles. The molecule has 6 heteroatoms. The molecule has 0 aliphatic rings. The van der Waals surface area contributed by atoms with Crippen molar-refractivity contribution in [1.29, 1.82) is 0 Å². The number of fused-ring (bicyclic) bond motifs is 8. The molecule has 0 saturated heterocycles. The van der Waals surface area contributed by atoms with Gasteiger partial charge in [-0.3, -0.25) is 4.57 Å². The van der Waals surface area contributed by atoms with Gasteiger partial charge in [-0.25, -0.2) is 9.97 Å². The topological polar surface area (TPSA) is 45.5 Å². The molecule has 6 aromatic carbocycles. The zero-order valence-corrected chi connectivity index (χ0v) is 26.8. The van der Waals surface area contributed by atoms with E-state index in [1.165, 1.54) is 32.3 Å². The highest BCUT2D eigenvalue weighted by Crippen LogP contribution is 2.37. The molecule has 5 aromatic heterocycles. The predicted octanol–water partition coefficient (Wildman–Crippen LogP) is 10.6. The molecular formula is C44H28N6. The second kappa shape index (κ2) is 10.3. The SMILES string of the molecule is c1ccc(-n2ccc3cc4c5ccccc5n(-c5cnc(-n6c7ccccc7c7cc8ccn(-c9ccccc9)c8cc76)nc5)c4cc32)cc1. The van der Waals surface area contributed by atoms with Crippen LogP contribution in [-0.2, 0) is 0 Å². The van der Waals surface area contributed by atoms with Crippen molar-refractivity contribution in [2.24, 2.45) is 0 Å². The minimum atomic E-state index is 0.637. The Morgan fingerprint density at radius 3 is 1.34 bits per heavy atom. The van der Waals surface area contributed by atoms with Gasteiger partial charge < -0.3 is 13.7 Å². The lowest BCUT2D eigenvalue weighted by Gasteiger charge is -2.11. The largest absolute Gasteiger partial charge is 0.316 e. The van der Waals surface area contributed by atoms with Gasteiger partial charge in [0.05, 0.1) is 51.2 Å². The van der Waals surface area contributed by atoms with Crippen molar-refractivity contribution in [3.63, 3.8) is 0 Å². The first-order valence-corrected chi connectivity index (χ1v) is 16.8. The summed E-state index contributed by atoms with van der Waals surface area (Å²) in [5.41, 5.74) is 9.87. The fraction of sp³-hybridized carbons (Fsp3) is 0. The molecular weight excluding hydrogens is 613 g/mol. The molecule has 11 rings (SSSR count). The van der Waals surface area contributed by atoms with E-state index in [2.05, 4.69) is 176 Å². The minimum Gasteiger partial charge on any atom is -0.316 e. The Balaban J connectivity index is 1.11. The number of para-hydroxylation sites is 4. The van der Waals surface area contributed by atoms with E-state index in [9.17, 15) is 0 Å². The summed E-state index contributed by atoms with van der Waals surface area (Å²) in [4.78, 5) is 10.2. The van der Waals surface area contributed by atoms with Gasteiger partial charge in [0, 0.05) is 56.1 Å². The highest BCUT2D eigenvalue weighted by molar-refractivity contribution is 6.14. The van der Waals surface area contributed by atoms with Crippen molar-refractivity contribution in [3.05, 3.63) is 170 Å². The third kappa shape index (κ3) is 3.84. The molecule has 0 spiro atoms. The first-order chi connectivity index (χ1) is 24.8. The van der Waals surface area contributed by atoms with Crippen LogP contribution < -0.4 is 0 Å². The lowest BCUT2D eigenvalue weighted by Crippen LogP contribution is -2.03. The number of rotatable bonds is 4. The monoisotopic (exact) mass is 640 g/mol. The fourth-order valence-corrected chi connectivity index (χ4v) is 7.86. The van der Waals surface area contributed by atoms with Crippen LogP contribution in [0.5, 0.6) is 0 Å². The van der Waals surface area contributed by atoms with Gasteiger partial charge in [-0.05, 0) is 72.8 Å². The number of hydrogen-bond acceptors (Lipinski definition) is 2. The van der Waals surface area contributed by atoms with Crippen molar-refractivity contribution in [2.75, 3.05) is 0 Å². The molecule has 0 bridgehead atoms. The van der Waals surface area contributed by atoms with Gasteiger partial charge in [0.15, 0.2) is 0 Å². The normalized spacial score (nSPS) is 12.0. The predicted molar refractivity (Wildman–Crippen MR) is 204 cm³/mol. The van der Waals surface area contributed by atoms with Gasteiger partial charge in [-0.1, -0.05) is 72.8 Å². The number of nitrogens with zero attached hydrogens (tertiary/aromatic N) is 6. The maximum Gasteiger partial charge on any atom is 0.234 e. The molecule has 50 heavy (non-hydrogen) atoms. The number of aromatic nitrogens is 6. The molecule has 234 valence electrons. The minimum absolute atomic E-state index is 0.637. The first kappa shape index (κ1) is 27.1. The van der Waals surface area contributed by atoms with Crippen LogP contribution in [-0.4, -0.2) is 28.2 Å². The maximum absolute atomic E-state index is 5.08. The average Bonchev–Trinajstić information content (AvgIpc) is 3.94. The Labute approximate surface area is 286 Å². The average molecular weight is 641 g/mol. The van der Waals surface area contributed by atoms with Crippen LogP contribution in [0, 0.1) is 0 Å². The van der Waals surface area contributed by atoms with E-state index in [1.807, 2.05) is 12.4 Å². The van der Waals surface area contributed by atoms with Crippen molar-refractivity contribution in [1.82, 2.24) is 28.2 Å². The Morgan fingerprint density at radius 1 is 0.340 bits per heavy atom. The summed E-state index contributed by atoms with van der Waals surface area (Å²) in [6.07, 6.45) is 8.22. The van der Waals surface area contributed by atoms with Crippen molar-refractivity contribution in [2.45, 2.75) is 0 Å². The Hall–Kier alpha value is -6.92. The zero-order chi connectivity index (χ0) is 32.8. The van der Waals surface area contributed by atoms with E-state index < -0.39 is 0 Å². The zero-order valence-electron chi connectivity index (χ0n) is 26.8. The summed E-state index contributed by atoms with van der Waals surface area (Å²) in [5.74, 6) is 0.637. The van der Waals surface area contributed by atoms with Crippen LogP contribution in [0.1, 0.15) is 0 Å². The van der Waals surface area contributed by atoms with E-state index in [-0.39, 0.29) is 0 Å². The molecule has 5 heterocycles. The second-order valence-electron chi connectivity index (χ2n) is 12.8. The van der Waals surface area contributed by atoms with Gasteiger partial charge in [0.1, 0.15) is 0 Å². The third-order valence-electron chi connectivity index (χ3n) is 10.1. The molecule has 6 nitrogen and oxygen atoms in total. The summed E-state index contributed by atoms with van der Waals surface area (Å²) < 4.78 is 8.98. The quantitative estimate of drug-likeness (QED) is 0.192. The first-order valence-electron chi connectivity index (χ1n) is 16.8. The molecule has 11 aromatic rings. The van der Waals surface area contributed by atoms with Crippen molar-refractivity contribution in [3.8, 4) is 23.0 Å². The molecule has 0 amide bonds. The Bertz CT molecular complexity index is 2860. The van der Waals surface area contributed by atoms with Gasteiger partial charge in [0.25, 0.3) is 0 Å². The Morgan fingerprint density at radius 2 is 0.800 bits per heavy atom. The Kier molecular flexibility index (Phi) is 5.57. The number of benzene rings is 6. The van der Waals surface area contributed by atoms with Gasteiger partial charge in [0.2, 0.25) is 5.95 Å². The summed E-state index contributed by atoms with van der Waals surface area (Å²) in [7, 11) is 0. The highest BCUT2D eigenvalue weighted by Gasteiger charge is 2.19. The molecule has 0 N–H and O–H groups in total. The summed E-state index contributed by atoms with van der Waals surface area (Å²) in [6, 6.07) is 51.7. The molecule has 0 atom stereocenters. The van der Waals surface area contributed by atoms with Gasteiger partial charge in [-0.15, -0.1) is 0 Å². The van der Waals surface area contributed by atoms with E-state index in [1.54, 1.807) is 0 Å². The smallest absolute Gasteiger partial charge is 0.234 e. The second-order valence-corrected chi connectivity index (χ2v) is 12.8. The van der Waals surface area contributed by atoms with Crippen LogP contribution in [0.4, 0.5) is 0 Å². The van der Waals surface area contributed by atoms with Crippen molar-refractivity contribution < 1.29 is 0 Å². The summed E-state index contributed by atoms with van der Waals surface area (Å²) in [6.45, 7) is 0. The third-order valence-corrected chi connectivity index (χ3v) is 10.1. The van der Waals surface area contributed by atoms with Crippen molar-refractivity contribution >= 4 is 65.4 Å². The van der Waals surface area contributed by atoms with Crippen LogP contribution in [0.3, 0.4) is 0 Å². The standard InChI is InChI=1S/C44H28N6/c1-3-11-31(12-4-1)47-21-19-29-23-36-34-15-7-9-17-38(34)49(42(36)25-40(29)47)33-27-45-44(46-28-33)50-39-18-10-8-16-35(39)37-24-30-20-22-48(41(30)26-43(37)50)32-13-5-2-6-14-32/h1-28H. The van der Waals surface area contributed by atoms with E-state index in [4.69, 9.17) is 9.97 Å². The molecule has 0 radical (unpaired) electrons. The highest BCUT2D eigenvalue weighted by atomic mass is 15.2. The van der Waals surface area contributed by atoms with E-state index in [0.29, 0.717) is 5.95 Å². The van der Waals surface area contributed by atoms with Crippen LogP contribution in [0.25, 0.3) is 88.4 Å². The lowest BCUT2D eigenvalue weighted by molar-refractivity contribution is 0.967. The van der Waals surface area contributed by atoms with Crippen LogP contribution in [0.15, 0.2) is 170 Å². The summed E-state index contributed by atoms with van der Waals surface area (Å²) >= 11 is 0. The molecule has 0 unspecified atom stereocenters. The lowest BCUT2D eigenvalue weighted by atomic mass is 10.1. The van der Waals surface area contributed by atoms with Crippen LogP contribution >= 0.6 is 0 Å². The fourth-order valence-electron chi connectivity index (χ4n) is 7.86. The van der Waals surface area contributed by atoms with Gasteiger partial charge in [-0.2, -0.15) is 0 Å².